The van der Waals surface area contributed by atoms with E-state index in [0.717, 1.165) is 24.4 Å². The summed E-state index contributed by atoms with van der Waals surface area (Å²) in [7, 11) is 0. The lowest BCUT2D eigenvalue weighted by molar-refractivity contribution is 0.0993. The van der Waals surface area contributed by atoms with Crippen molar-refractivity contribution in [3.8, 4) is 0 Å². The van der Waals surface area contributed by atoms with Crippen molar-refractivity contribution in [1.29, 1.82) is 0 Å². The number of H-pyrrole nitrogens is 1. The van der Waals surface area contributed by atoms with Gasteiger partial charge in [0.2, 0.25) is 5.16 Å². The second-order valence-electron chi connectivity index (χ2n) is 6.17. The normalized spacial score (nSPS) is 16.5. The predicted molar refractivity (Wildman–Crippen MR) is 88.1 cm³/mol. The summed E-state index contributed by atoms with van der Waals surface area (Å²) in [6, 6.07) is 3.19. The molecule has 0 unspecified atom stereocenters. The van der Waals surface area contributed by atoms with Gasteiger partial charge >= 0.3 is 0 Å². The molecule has 1 aromatic carbocycles. The number of halogens is 2. The van der Waals surface area contributed by atoms with Crippen LogP contribution in [0.5, 0.6) is 0 Å². The molecule has 0 radical (unpaired) electrons. The lowest BCUT2D eigenvalue weighted by Crippen LogP contribution is -2.14. The molecule has 7 heteroatoms. The summed E-state index contributed by atoms with van der Waals surface area (Å²) in [6.07, 6.45) is 5.90. The van der Waals surface area contributed by atoms with E-state index in [1.165, 1.54) is 43.5 Å². The van der Waals surface area contributed by atoms with E-state index in [2.05, 4.69) is 15.2 Å². The summed E-state index contributed by atoms with van der Waals surface area (Å²) < 4.78 is 26.2. The second kappa shape index (κ2) is 7.42. The second-order valence-corrected chi connectivity index (χ2v) is 7.48. The van der Waals surface area contributed by atoms with E-state index in [4.69, 9.17) is 0 Å². The number of benzene rings is 1. The third-order valence-electron chi connectivity index (χ3n) is 4.32. The summed E-state index contributed by atoms with van der Waals surface area (Å²) in [4.78, 5) is 16.8. The molecule has 1 aliphatic rings. The number of nitrogens with zero attached hydrogens (tertiary/aromatic N) is 2. The third kappa shape index (κ3) is 4.01. The number of hydrogen-bond donors (Lipinski definition) is 1. The Kier molecular flexibility index (Phi) is 5.28. The van der Waals surface area contributed by atoms with Crippen LogP contribution in [0.3, 0.4) is 0 Å². The van der Waals surface area contributed by atoms with Crippen molar-refractivity contribution in [3.63, 3.8) is 0 Å². The fourth-order valence-electron chi connectivity index (χ4n) is 3.01. The van der Waals surface area contributed by atoms with Crippen LogP contribution in [-0.4, -0.2) is 26.2 Å². The molecule has 1 saturated carbocycles. The van der Waals surface area contributed by atoms with Gasteiger partial charge in [0.15, 0.2) is 17.4 Å². The number of carbonyl (C=O) groups is 1. The van der Waals surface area contributed by atoms with E-state index in [-0.39, 0.29) is 11.3 Å². The van der Waals surface area contributed by atoms with Crippen LogP contribution in [0.1, 0.15) is 48.8 Å². The molecular formula is C17H19F2N3OS. The first-order valence-corrected chi connectivity index (χ1v) is 8.98. The number of carbonyl (C=O) groups excluding carboxylic acids is 1. The van der Waals surface area contributed by atoms with Gasteiger partial charge in [0.25, 0.3) is 0 Å². The summed E-state index contributed by atoms with van der Waals surface area (Å²) in [5.74, 6) is -0.748. The van der Waals surface area contributed by atoms with Crippen LogP contribution in [-0.2, 0) is 6.42 Å². The lowest BCUT2D eigenvalue weighted by Gasteiger charge is -2.08. The van der Waals surface area contributed by atoms with E-state index < -0.39 is 16.9 Å². The number of thioether (sulfide) groups is 1. The Bertz CT molecular complexity index is 728. The van der Waals surface area contributed by atoms with Crippen molar-refractivity contribution in [2.24, 2.45) is 5.92 Å². The van der Waals surface area contributed by atoms with Crippen LogP contribution in [0.15, 0.2) is 23.4 Å². The van der Waals surface area contributed by atoms with Crippen molar-refractivity contribution in [1.82, 2.24) is 15.2 Å². The number of ketones is 1. The monoisotopic (exact) mass is 351 g/mol. The standard InChI is InChI=1S/C17H19F2N3OS/c1-10(16(23)12-6-7-13(18)14(19)9-12)24-17-20-15(21-22-17)8-11-4-2-3-5-11/h6-7,9-11H,2-5,8H2,1H3,(H,20,21,22)/t10-/m0/s1. The minimum Gasteiger partial charge on any atom is -0.293 e. The Labute approximate surface area is 143 Å². The van der Waals surface area contributed by atoms with Gasteiger partial charge in [-0.15, -0.1) is 5.10 Å². The first-order chi connectivity index (χ1) is 11.5. The van der Waals surface area contributed by atoms with Gasteiger partial charge in [-0.1, -0.05) is 37.4 Å². The lowest BCUT2D eigenvalue weighted by atomic mass is 10.0. The summed E-state index contributed by atoms with van der Waals surface area (Å²) in [6.45, 7) is 1.71. The van der Waals surface area contributed by atoms with Gasteiger partial charge in [-0.3, -0.25) is 9.89 Å². The molecule has 1 fully saturated rings. The van der Waals surface area contributed by atoms with E-state index >= 15 is 0 Å². The third-order valence-corrected chi connectivity index (χ3v) is 5.28. The summed E-state index contributed by atoms with van der Waals surface area (Å²) in [5.41, 5.74) is 0.149. The Hall–Kier alpha value is -1.76. The number of nitrogens with one attached hydrogen (secondary N) is 1. The number of aromatic nitrogens is 3. The van der Waals surface area contributed by atoms with E-state index in [9.17, 15) is 13.6 Å². The highest BCUT2D eigenvalue weighted by Crippen LogP contribution is 2.28. The Morgan fingerprint density at radius 2 is 2.08 bits per heavy atom. The van der Waals surface area contributed by atoms with Crippen molar-refractivity contribution >= 4 is 17.5 Å². The van der Waals surface area contributed by atoms with Crippen molar-refractivity contribution in [2.75, 3.05) is 0 Å². The molecule has 3 rings (SSSR count). The molecule has 2 aromatic rings. The number of aromatic amines is 1. The van der Waals surface area contributed by atoms with Gasteiger partial charge in [0.1, 0.15) is 5.82 Å². The van der Waals surface area contributed by atoms with Crippen LogP contribution < -0.4 is 0 Å². The fraction of sp³-hybridized carbons (Fsp3) is 0.471. The van der Waals surface area contributed by atoms with Gasteiger partial charge in [0, 0.05) is 12.0 Å². The summed E-state index contributed by atoms with van der Waals surface area (Å²) >= 11 is 1.22. The van der Waals surface area contributed by atoms with Crippen molar-refractivity contribution in [2.45, 2.75) is 49.4 Å². The molecular weight excluding hydrogens is 332 g/mol. The van der Waals surface area contributed by atoms with Gasteiger partial charge in [-0.05, 0) is 31.0 Å². The zero-order valence-corrected chi connectivity index (χ0v) is 14.2. The zero-order valence-electron chi connectivity index (χ0n) is 13.4. The molecule has 0 aliphatic heterocycles. The maximum absolute atomic E-state index is 13.3. The molecule has 1 heterocycles. The molecule has 1 aliphatic carbocycles. The average Bonchev–Trinajstić information content (AvgIpc) is 3.22. The highest BCUT2D eigenvalue weighted by Gasteiger charge is 2.21. The smallest absolute Gasteiger partial charge is 0.209 e. The topological polar surface area (TPSA) is 58.6 Å². The fourth-order valence-corrected chi connectivity index (χ4v) is 3.83. The predicted octanol–water partition coefficient (Wildman–Crippen LogP) is 4.18. The first kappa shape index (κ1) is 17.1. The zero-order chi connectivity index (χ0) is 17.1. The number of hydrogen-bond acceptors (Lipinski definition) is 4. The number of Topliss-reactive ketones (excluding diaryl/α,β-unsaturated/α-hetero) is 1. The number of rotatable bonds is 6. The minimum absolute atomic E-state index is 0.149. The Morgan fingerprint density at radius 3 is 2.79 bits per heavy atom. The highest BCUT2D eigenvalue weighted by molar-refractivity contribution is 8.00. The first-order valence-electron chi connectivity index (χ1n) is 8.10. The van der Waals surface area contributed by atoms with Gasteiger partial charge < -0.3 is 0 Å². The maximum atomic E-state index is 13.3. The van der Waals surface area contributed by atoms with Crippen LogP contribution >= 0.6 is 11.8 Å². The molecule has 24 heavy (non-hydrogen) atoms. The largest absolute Gasteiger partial charge is 0.293 e. The quantitative estimate of drug-likeness (QED) is 0.626. The van der Waals surface area contributed by atoms with Crippen LogP contribution in [0.2, 0.25) is 0 Å². The molecule has 0 bridgehead atoms. The van der Waals surface area contributed by atoms with Crippen molar-refractivity contribution < 1.29 is 13.6 Å². The molecule has 0 amide bonds. The van der Waals surface area contributed by atoms with Crippen LogP contribution in [0.25, 0.3) is 0 Å². The van der Waals surface area contributed by atoms with Crippen molar-refractivity contribution in [3.05, 3.63) is 41.2 Å². The summed E-state index contributed by atoms with van der Waals surface area (Å²) in [5, 5.41) is 7.10. The Balaban J connectivity index is 1.61. The molecule has 4 nitrogen and oxygen atoms in total. The Morgan fingerprint density at radius 1 is 1.33 bits per heavy atom. The SMILES string of the molecule is C[C@H](Sc1n[nH]c(CC2CCCC2)n1)C(=O)c1ccc(F)c(F)c1. The average molecular weight is 351 g/mol. The molecule has 0 saturated heterocycles. The van der Waals surface area contributed by atoms with Crippen LogP contribution in [0, 0.1) is 17.6 Å². The molecule has 1 N–H and O–H groups in total. The molecule has 0 spiro atoms. The van der Waals surface area contributed by atoms with E-state index in [0.29, 0.717) is 11.1 Å². The molecule has 1 atom stereocenters. The minimum atomic E-state index is -1.02. The van der Waals surface area contributed by atoms with Gasteiger partial charge in [0.05, 0.1) is 5.25 Å². The highest BCUT2D eigenvalue weighted by atomic mass is 32.2. The van der Waals surface area contributed by atoms with E-state index in [1.807, 2.05) is 0 Å². The van der Waals surface area contributed by atoms with Gasteiger partial charge in [-0.2, -0.15) is 0 Å². The maximum Gasteiger partial charge on any atom is 0.209 e. The molecule has 128 valence electrons. The molecule has 1 aromatic heterocycles. The van der Waals surface area contributed by atoms with Gasteiger partial charge in [-0.25, -0.2) is 13.8 Å². The van der Waals surface area contributed by atoms with E-state index in [1.54, 1.807) is 6.92 Å². The van der Waals surface area contributed by atoms with Crippen LogP contribution in [0.4, 0.5) is 8.78 Å².